The Labute approximate surface area is 442 Å². The summed E-state index contributed by atoms with van der Waals surface area (Å²) in [5.41, 5.74) is 4.81. The number of hydrogen-bond acceptors (Lipinski definition) is 9. The molecule has 11 nitrogen and oxygen atoms in total. The van der Waals surface area contributed by atoms with Crippen LogP contribution in [0.3, 0.4) is 0 Å². The molecule has 4 aromatic carbocycles. The van der Waals surface area contributed by atoms with Crippen molar-refractivity contribution in [2.75, 3.05) is 0 Å². The third-order valence-electron chi connectivity index (χ3n) is 10.4. The third kappa shape index (κ3) is 21.8. The van der Waals surface area contributed by atoms with Gasteiger partial charge in [0.05, 0.1) is 0 Å². The Balaban J connectivity index is 0.000000548. The number of hydrogen-bond donors (Lipinski definition) is 4. The van der Waals surface area contributed by atoms with E-state index in [0.717, 1.165) is 0 Å². The Hall–Kier alpha value is -8.02. The fraction of sp³-hybridized carbons (Fsp3) is 0.242. The predicted octanol–water partition coefficient (Wildman–Crippen LogP) is 14.9. The van der Waals surface area contributed by atoms with Crippen molar-refractivity contribution in [3.05, 3.63) is 205 Å². The Morgan fingerprint density at radius 2 is 0.689 bits per heavy atom. The van der Waals surface area contributed by atoms with Crippen LogP contribution in [-0.2, 0) is 24.0 Å². The van der Waals surface area contributed by atoms with E-state index in [4.69, 9.17) is 31.3 Å². The molecule has 0 saturated heterocycles. The average molecular weight is 1030 g/mol. The summed E-state index contributed by atoms with van der Waals surface area (Å²) in [5, 5.41) is 36.6. The highest BCUT2D eigenvalue weighted by Gasteiger charge is 2.21. The van der Waals surface area contributed by atoms with E-state index >= 15 is 0 Å². The zero-order valence-corrected chi connectivity index (χ0v) is 44.8. The number of carbonyl (C=O) groups excluding carboxylic acids is 3. The Morgan fingerprint density at radius 3 is 0.932 bits per heavy atom. The van der Waals surface area contributed by atoms with Gasteiger partial charge in [-0.15, -0.1) is 0 Å². The van der Waals surface area contributed by atoms with E-state index in [1.165, 1.54) is 12.2 Å². The summed E-state index contributed by atoms with van der Waals surface area (Å²) in [7, 11) is 0. The van der Waals surface area contributed by atoms with Crippen LogP contribution in [-0.4, -0.2) is 49.5 Å². The van der Waals surface area contributed by atoms with Gasteiger partial charge < -0.3 is 29.9 Å². The van der Waals surface area contributed by atoms with Gasteiger partial charge in [0.2, 0.25) is 5.24 Å². The van der Waals surface area contributed by atoms with Crippen molar-refractivity contribution in [3.63, 3.8) is 0 Å². The number of allylic oxidation sites excluding steroid dienone is 11. The van der Waals surface area contributed by atoms with Crippen LogP contribution < -0.4 is 9.47 Å². The predicted molar refractivity (Wildman–Crippen MR) is 299 cm³/mol. The van der Waals surface area contributed by atoms with Crippen LogP contribution in [0, 0.1) is 29.6 Å². The number of carbonyl (C=O) groups is 5. The molecule has 0 radical (unpaired) electrons. The molecule has 0 amide bonds. The van der Waals surface area contributed by atoms with Crippen molar-refractivity contribution < 1.29 is 53.9 Å². The van der Waals surface area contributed by atoms with Crippen molar-refractivity contribution in [3.8, 4) is 45.3 Å². The van der Waals surface area contributed by atoms with Crippen LogP contribution >= 0.6 is 11.6 Å². The van der Waals surface area contributed by atoms with E-state index in [1.807, 2.05) is 77.9 Å². The maximum atomic E-state index is 12.8. The molecule has 0 fully saturated rings. The molecular weight excluding hydrogens is 956 g/mol. The first-order valence-corrected chi connectivity index (χ1v) is 24.2. The summed E-state index contributed by atoms with van der Waals surface area (Å²) in [4.78, 5) is 57.9. The van der Waals surface area contributed by atoms with Crippen LogP contribution in [0.1, 0.15) is 69.2 Å². The van der Waals surface area contributed by atoms with Crippen molar-refractivity contribution >= 4 is 40.7 Å². The summed E-state index contributed by atoms with van der Waals surface area (Å²) in [6, 6.07) is 28.2. The van der Waals surface area contributed by atoms with E-state index in [1.54, 1.807) is 137 Å². The molecule has 0 bridgehead atoms. The molecule has 0 unspecified atom stereocenters. The number of esters is 2. The van der Waals surface area contributed by atoms with Gasteiger partial charge in [-0.1, -0.05) is 223 Å². The largest absolute Gasteiger partial charge is 0.507 e. The number of aromatic hydroxyl groups is 2. The van der Waals surface area contributed by atoms with Crippen LogP contribution in [0.5, 0.6) is 23.0 Å². The molecule has 0 spiro atoms. The van der Waals surface area contributed by atoms with E-state index in [-0.39, 0.29) is 41.1 Å². The Morgan fingerprint density at radius 1 is 0.419 bits per heavy atom. The van der Waals surface area contributed by atoms with E-state index in [2.05, 4.69) is 19.7 Å². The van der Waals surface area contributed by atoms with Crippen LogP contribution in [0.4, 0.5) is 0 Å². The molecule has 0 aliphatic heterocycles. The molecule has 4 N–H and O–H groups in total. The minimum Gasteiger partial charge on any atom is -0.507 e. The smallest absolute Gasteiger partial charge is 0.339 e. The Kier molecular flexibility index (Phi) is 29.1. The van der Waals surface area contributed by atoms with Gasteiger partial charge in [-0.3, -0.25) is 4.79 Å². The molecular formula is C62H71ClO11. The SMILES string of the molecule is C=C/C=C(/C(=O)Cl)C(C)C.C=C/C=C(/C(=O)Oc1ccccc1-c1ccccc1OC(=O)/C(=C/C=C)C(C)C)C(C)C.CC(C)\C(=C/C=C/C=C(/C(=O)O)C(C)C)C(=O)O.Oc1ccccc1-c1ccccc1O. The minimum atomic E-state index is -0.957. The highest BCUT2D eigenvalue weighted by Crippen LogP contribution is 2.38. The normalized spacial score (nSPS) is 12.0. The van der Waals surface area contributed by atoms with Crippen molar-refractivity contribution in [1.29, 1.82) is 0 Å². The van der Waals surface area contributed by atoms with Crippen molar-refractivity contribution in [2.24, 2.45) is 29.6 Å². The summed E-state index contributed by atoms with van der Waals surface area (Å²) < 4.78 is 11.5. The van der Waals surface area contributed by atoms with Crippen molar-refractivity contribution in [2.45, 2.75) is 69.2 Å². The monoisotopic (exact) mass is 1030 g/mol. The summed E-state index contributed by atoms with van der Waals surface area (Å²) in [5.74, 6) is -1.74. The molecule has 4 rings (SSSR count). The van der Waals surface area contributed by atoms with Crippen LogP contribution in [0.15, 0.2) is 205 Å². The fourth-order valence-corrected chi connectivity index (χ4v) is 6.76. The highest BCUT2D eigenvalue weighted by atomic mass is 35.5. The fourth-order valence-electron chi connectivity index (χ4n) is 6.47. The highest BCUT2D eigenvalue weighted by molar-refractivity contribution is 6.67. The zero-order chi connectivity index (χ0) is 56.1. The summed E-state index contributed by atoms with van der Waals surface area (Å²) in [6.45, 7) is 29.5. The third-order valence-corrected chi connectivity index (χ3v) is 10.6. The van der Waals surface area contributed by atoms with E-state index in [9.17, 15) is 34.2 Å². The number of rotatable bonds is 19. The van der Waals surface area contributed by atoms with Crippen LogP contribution in [0.25, 0.3) is 22.3 Å². The van der Waals surface area contributed by atoms with Crippen LogP contribution in [0.2, 0.25) is 0 Å². The molecule has 0 aliphatic rings. The Bertz CT molecular complexity index is 2590. The average Bonchev–Trinajstić information content (AvgIpc) is 3.33. The lowest BCUT2D eigenvalue weighted by Gasteiger charge is -2.16. The van der Waals surface area contributed by atoms with Gasteiger partial charge in [0.1, 0.15) is 23.0 Å². The van der Waals surface area contributed by atoms with E-state index < -0.39 is 29.1 Å². The number of benzene rings is 4. The zero-order valence-electron chi connectivity index (χ0n) is 44.0. The molecule has 392 valence electrons. The second kappa shape index (κ2) is 33.6. The van der Waals surface area contributed by atoms with E-state index in [0.29, 0.717) is 61.6 Å². The number of para-hydroxylation sites is 4. The summed E-state index contributed by atoms with van der Waals surface area (Å²) >= 11 is 5.26. The number of carboxylic acid groups (broad SMARTS) is 2. The maximum absolute atomic E-state index is 12.8. The second-order valence-corrected chi connectivity index (χ2v) is 18.0. The van der Waals surface area contributed by atoms with Gasteiger partial charge >= 0.3 is 23.9 Å². The van der Waals surface area contributed by atoms with Gasteiger partial charge in [-0.05, 0) is 65.5 Å². The number of aliphatic carboxylic acids is 2. The minimum absolute atomic E-state index is 0.0213. The topological polar surface area (TPSA) is 185 Å². The summed E-state index contributed by atoms with van der Waals surface area (Å²) in [6.07, 6.45) is 15.7. The van der Waals surface area contributed by atoms with Gasteiger partial charge in [0.15, 0.2) is 0 Å². The second-order valence-electron chi connectivity index (χ2n) is 17.7. The molecule has 0 aliphatic carbocycles. The molecule has 0 aromatic heterocycles. The molecule has 0 heterocycles. The number of phenolic OH excluding ortho intramolecular Hbond substituents is 2. The lowest BCUT2D eigenvalue weighted by Crippen LogP contribution is -2.16. The standard InChI is InChI=1S/C28H30O4.C14H20O4.C12H10O2.C8H11ClO/c1-7-13-21(19(3)4)27(29)31-25-17-11-9-15-23(25)24-16-10-12-18-26(24)32-28(30)22(14-8-2)20(5)6;1-9(2)11(13(15)16)7-5-6-8-12(10(3)4)14(17)18;13-11-7-3-1-5-9(11)10-6-2-4-8-12(10)14;1-4-5-7(6(2)3)8(9)10/h7-20H,1-2H2,3-6H3;5-10H,1-4H3,(H,15,16)(H,17,18);1-8,13-14H;4-6H,1H2,2-3H3/b21-13+,22-14+;6-5+,11-7+,12-8+;;7-5+. The molecule has 74 heavy (non-hydrogen) atoms. The molecule has 12 heteroatoms. The lowest BCUT2D eigenvalue weighted by molar-refractivity contribution is -0.134. The first-order chi connectivity index (χ1) is 34.9. The van der Waals surface area contributed by atoms with Gasteiger partial charge in [-0.25, -0.2) is 19.2 Å². The van der Waals surface area contributed by atoms with Crippen molar-refractivity contribution in [1.82, 2.24) is 0 Å². The quantitative estimate of drug-likeness (QED) is 0.0230. The first-order valence-electron chi connectivity index (χ1n) is 23.9. The molecule has 0 atom stereocenters. The number of carboxylic acids is 2. The molecule has 0 saturated carbocycles. The number of ether oxygens (including phenoxy) is 2. The number of halogens is 1. The van der Waals surface area contributed by atoms with Gasteiger partial charge in [-0.2, -0.15) is 0 Å². The lowest BCUT2D eigenvalue weighted by atomic mass is 10.0. The number of phenols is 2. The van der Waals surface area contributed by atoms with Gasteiger partial charge in [0.25, 0.3) is 0 Å². The maximum Gasteiger partial charge on any atom is 0.339 e. The van der Waals surface area contributed by atoms with Gasteiger partial charge in [0, 0.05) is 50.1 Å². The molecule has 4 aromatic rings. The first kappa shape index (κ1) is 64.0.